The molecule has 45 heavy (non-hydrogen) atoms. The Labute approximate surface area is 292 Å². The predicted octanol–water partition coefficient (Wildman–Crippen LogP) is 14.2. The highest BCUT2D eigenvalue weighted by Gasteiger charge is 2.16. The second-order valence-corrected chi connectivity index (χ2v) is 13.5. The number of hydrogen-bond acceptors (Lipinski definition) is 3. The van der Waals surface area contributed by atoms with Gasteiger partial charge >= 0.3 is 0 Å². The van der Waals surface area contributed by atoms with Gasteiger partial charge in [0.1, 0.15) is 0 Å². The van der Waals surface area contributed by atoms with Crippen LogP contribution in [0.25, 0.3) is 0 Å². The first-order valence-corrected chi connectivity index (χ1v) is 20.7. The summed E-state index contributed by atoms with van der Waals surface area (Å²) in [5.41, 5.74) is 0. The average Bonchev–Trinajstić information content (AvgIpc) is 3.04. The van der Waals surface area contributed by atoms with E-state index in [9.17, 15) is 0 Å². The van der Waals surface area contributed by atoms with Gasteiger partial charge in [-0.25, -0.2) is 0 Å². The van der Waals surface area contributed by atoms with E-state index in [-0.39, 0.29) is 12.6 Å². The van der Waals surface area contributed by atoms with E-state index in [1.165, 1.54) is 154 Å². The molecule has 0 aliphatic carbocycles. The lowest BCUT2D eigenvalue weighted by atomic mass is 10.1. The van der Waals surface area contributed by atoms with Crippen molar-refractivity contribution in [2.24, 2.45) is 0 Å². The molecule has 5 heteroatoms. The minimum absolute atomic E-state index is 0.198. The molecule has 0 N–H and O–H groups in total. The van der Waals surface area contributed by atoms with Gasteiger partial charge in [0.15, 0.2) is 12.6 Å². The molecule has 0 bridgehead atoms. The van der Waals surface area contributed by atoms with Gasteiger partial charge in [-0.1, -0.05) is 140 Å². The fraction of sp³-hybridized carbons (Fsp3) is 0.900. The van der Waals surface area contributed by atoms with Gasteiger partial charge < -0.3 is 14.2 Å². The van der Waals surface area contributed by atoms with Crippen molar-refractivity contribution in [1.82, 2.24) is 0 Å². The van der Waals surface area contributed by atoms with Gasteiger partial charge in [0, 0.05) is 37.8 Å². The highest BCUT2D eigenvalue weighted by Crippen LogP contribution is 2.16. The first-order chi connectivity index (χ1) is 22.3. The van der Waals surface area contributed by atoms with Gasteiger partial charge in [0.25, 0.3) is 0 Å². The number of rotatable bonds is 38. The normalized spacial score (nSPS) is 13.4. The largest absolute Gasteiger partial charge is 0.353 e. The molecule has 0 radical (unpaired) electrons. The van der Waals surface area contributed by atoms with Crippen molar-refractivity contribution in [2.45, 2.75) is 206 Å². The molecule has 268 valence electrons. The molecule has 3 nitrogen and oxygen atoms in total. The van der Waals surface area contributed by atoms with Crippen molar-refractivity contribution >= 4 is 23.2 Å². The predicted molar refractivity (Wildman–Crippen MR) is 201 cm³/mol. The molecule has 0 aromatic carbocycles. The van der Waals surface area contributed by atoms with Crippen LogP contribution >= 0.6 is 23.2 Å². The zero-order valence-electron chi connectivity index (χ0n) is 30.1. The Kier molecular flexibility index (Phi) is 40.1. The molecule has 0 fully saturated rings. The molecular weight excluding hydrogens is 599 g/mol. The Morgan fingerprint density at radius 2 is 0.644 bits per heavy atom. The molecule has 0 spiro atoms. The van der Waals surface area contributed by atoms with E-state index < -0.39 is 0 Å². The van der Waals surface area contributed by atoms with Crippen LogP contribution in [-0.4, -0.2) is 37.6 Å². The number of halogens is 2. The number of allylic oxidation sites excluding steroid dienone is 4. The van der Waals surface area contributed by atoms with Gasteiger partial charge in [-0.05, 0) is 65.2 Å². The van der Waals surface area contributed by atoms with Crippen LogP contribution in [0, 0.1) is 0 Å². The molecule has 0 saturated carbocycles. The first-order valence-electron chi connectivity index (χ1n) is 19.6. The average molecular weight is 676 g/mol. The van der Waals surface area contributed by atoms with Crippen molar-refractivity contribution in [2.75, 3.05) is 25.0 Å². The summed E-state index contributed by atoms with van der Waals surface area (Å²) in [5.74, 6) is 1.64. The van der Waals surface area contributed by atoms with Crippen molar-refractivity contribution < 1.29 is 14.2 Å². The number of ether oxygens (including phenoxy) is 3. The van der Waals surface area contributed by atoms with Gasteiger partial charge in [0.2, 0.25) is 0 Å². The lowest BCUT2D eigenvalue weighted by Crippen LogP contribution is -2.27. The molecule has 0 rings (SSSR count). The molecule has 0 aromatic heterocycles. The molecule has 0 saturated heterocycles. The van der Waals surface area contributed by atoms with Crippen molar-refractivity contribution in [3.05, 3.63) is 24.3 Å². The third-order valence-corrected chi connectivity index (χ3v) is 9.02. The maximum atomic E-state index is 6.26. The Morgan fingerprint density at radius 3 is 0.933 bits per heavy atom. The maximum Gasteiger partial charge on any atom is 0.161 e. The smallest absolute Gasteiger partial charge is 0.161 e. The second kappa shape index (κ2) is 40.1. The summed E-state index contributed by atoms with van der Waals surface area (Å²) >= 11 is 11.5. The van der Waals surface area contributed by atoms with Crippen molar-refractivity contribution in [3.8, 4) is 0 Å². The zero-order valence-corrected chi connectivity index (χ0v) is 31.6. The van der Waals surface area contributed by atoms with Gasteiger partial charge in [-0.3, -0.25) is 0 Å². The third-order valence-electron chi connectivity index (χ3n) is 8.49. The second-order valence-electron chi connectivity index (χ2n) is 12.7. The Hall–Kier alpha value is -0.0600. The van der Waals surface area contributed by atoms with Gasteiger partial charge in [-0.15, -0.1) is 23.2 Å². The summed E-state index contributed by atoms with van der Waals surface area (Å²) in [6, 6.07) is 0. The Morgan fingerprint density at radius 1 is 0.378 bits per heavy atom. The summed E-state index contributed by atoms with van der Waals surface area (Å²) in [4.78, 5) is 0. The van der Waals surface area contributed by atoms with Crippen LogP contribution in [0.15, 0.2) is 24.3 Å². The van der Waals surface area contributed by atoms with Gasteiger partial charge in [0.05, 0.1) is 0 Å². The number of unbranched alkanes of at least 4 members (excludes halogenated alkanes) is 22. The minimum atomic E-state index is -0.198. The highest BCUT2D eigenvalue weighted by molar-refractivity contribution is 6.18. The summed E-state index contributed by atoms with van der Waals surface area (Å²) in [7, 11) is 0. The van der Waals surface area contributed by atoms with Crippen LogP contribution in [0.4, 0.5) is 0 Å². The zero-order chi connectivity index (χ0) is 32.7. The fourth-order valence-corrected chi connectivity index (χ4v) is 6.13. The first kappa shape index (κ1) is 44.9. The molecule has 2 atom stereocenters. The Bertz CT molecular complexity index is 548. The lowest BCUT2D eigenvalue weighted by molar-refractivity contribution is -0.246. The summed E-state index contributed by atoms with van der Waals surface area (Å²) < 4.78 is 18.1. The van der Waals surface area contributed by atoms with E-state index in [1.807, 2.05) is 13.8 Å². The van der Waals surface area contributed by atoms with E-state index in [0.29, 0.717) is 13.2 Å². The molecule has 0 aliphatic rings. The van der Waals surface area contributed by atoms with Crippen LogP contribution in [0.3, 0.4) is 0 Å². The monoisotopic (exact) mass is 675 g/mol. The van der Waals surface area contributed by atoms with Crippen molar-refractivity contribution in [1.29, 1.82) is 0 Å². The van der Waals surface area contributed by atoms with E-state index in [0.717, 1.165) is 37.4 Å². The fourth-order valence-electron chi connectivity index (χ4n) is 5.75. The lowest BCUT2D eigenvalue weighted by Gasteiger charge is -2.24. The SMILES string of the molecule is CCOC(CCC=CCCCCCCCCCCCCCCl)OC(CCC=CCCCCCCCCCCCCCCl)OCC. The molecule has 0 aliphatic heterocycles. The van der Waals surface area contributed by atoms with Crippen molar-refractivity contribution in [3.63, 3.8) is 0 Å². The molecule has 2 unspecified atom stereocenters. The standard InChI is InChI=1S/C40H76Cl2O3/c1-3-43-39(35-31-27-23-19-15-11-7-5-9-13-17-21-25-29-33-37-41)45-40(44-4-2)36-32-28-24-20-16-12-8-6-10-14-18-22-26-30-34-38-42/h23-24,27-28,39-40H,3-22,25-26,29-38H2,1-2H3. The van der Waals surface area contributed by atoms with E-state index in [4.69, 9.17) is 37.4 Å². The number of alkyl halides is 2. The van der Waals surface area contributed by atoms with Gasteiger partial charge in [-0.2, -0.15) is 0 Å². The van der Waals surface area contributed by atoms with Crippen LogP contribution in [0.1, 0.15) is 194 Å². The van der Waals surface area contributed by atoms with E-state index in [2.05, 4.69) is 24.3 Å². The molecule has 0 aromatic rings. The van der Waals surface area contributed by atoms with Crippen LogP contribution in [0.5, 0.6) is 0 Å². The van der Waals surface area contributed by atoms with Crippen LogP contribution in [-0.2, 0) is 14.2 Å². The molecule has 0 heterocycles. The highest BCUT2D eigenvalue weighted by atomic mass is 35.5. The minimum Gasteiger partial charge on any atom is -0.353 e. The maximum absolute atomic E-state index is 6.26. The number of hydrogen-bond donors (Lipinski definition) is 0. The summed E-state index contributed by atoms with van der Waals surface area (Å²) in [6.07, 6.45) is 44.8. The quantitative estimate of drug-likeness (QED) is 0.0282. The van der Waals surface area contributed by atoms with E-state index >= 15 is 0 Å². The van der Waals surface area contributed by atoms with E-state index in [1.54, 1.807) is 0 Å². The van der Waals surface area contributed by atoms with Crippen LogP contribution in [0.2, 0.25) is 0 Å². The molecular formula is C40H76Cl2O3. The Balaban J connectivity index is 3.83. The third kappa shape index (κ3) is 36.6. The summed E-state index contributed by atoms with van der Waals surface area (Å²) in [6.45, 7) is 5.41. The topological polar surface area (TPSA) is 27.7 Å². The molecule has 0 amide bonds. The summed E-state index contributed by atoms with van der Waals surface area (Å²) in [5, 5.41) is 0. The van der Waals surface area contributed by atoms with Crippen LogP contribution < -0.4 is 0 Å².